The normalized spacial score (nSPS) is 11.8. The van der Waals surface area contributed by atoms with Crippen LogP contribution in [0.2, 0.25) is 0 Å². The van der Waals surface area contributed by atoms with Gasteiger partial charge in [0.1, 0.15) is 0 Å². The third-order valence-corrected chi connectivity index (χ3v) is 6.64. The van der Waals surface area contributed by atoms with E-state index in [0.29, 0.717) is 0 Å². The van der Waals surface area contributed by atoms with Crippen LogP contribution in [-0.2, 0) is 0 Å². The fraction of sp³-hybridized carbons (Fsp3) is 0. The first-order valence-corrected chi connectivity index (χ1v) is 9.97. The van der Waals surface area contributed by atoms with Gasteiger partial charge in [-0.2, -0.15) is 0 Å². The van der Waals surface area contributed by atoms with E-state index in [9.17, 15) is 0 Å². The molecule has 4 heteroatoms. The topological polar surface area (TPSA) is 0 Å². The highest BCUT2D eigenvalue weighted by Crippen LogP contribution is 2.39. The van der Waals surface area contributed by atoms with Crippen molar-refractivity contribution in [2.45, 2.75) is 19.6 Å². The Morgan fingerprint density at radius 1 is 0.423 bits per heavy atom. The number of rotatable bonds is 0. The summed E-state index contributed by atoms with van der Waals surface area (Å²) in [6, 6.07) is 21.1. The van der Waals surface area contributed by atoms with E-state index in [2.05, 4.69) is 74.3 Å². The summed E-state index contributed by atoms with van der Waals surface area (Å²) in [6.07, 6.45) is 0. The van der Waals surface area contributed by atoms with Crippen LogP contribution >= 0.6 is 50.5 Å². The van der Waals surface area contributed by atoms with E-state index in [1.807, 2.05) is 24.3 Å². The highest BCUT2D eigenvalue weighted by atomic mass is 32.1. The molecule has 26 heavy (non-hydrogen) atoms. The molecule has 0 atom stereocenters. The minimum absolute atomic E-state index is 0.948. The minimum Gasteiger partial charge on any atom is -0.143 e. The van der Waals surface area contributed by atoms with Gasteiger partial charge in [0, 0.05) is 19.6 Å². The minimum atomic E-state index is 0.948. The second-order valence-electron chi connectivity index (χ2n) is 6.52. The molecule has 126 valence electrons. The number of hydrogen-bond donors (Lipinski definition) is 4. The Morgan fingerprint density at radius 2 is 0.962 bits per heavy atom. The van der Waals surface area contributed by atoms with Crippen molar-refractivity contribution >= 4 is 93.6 Å². The zero-order valence-corrected chi connectivity index (χ0v) is 17.1. The van der Waals surface area contributed by atoms with Gasteiger partial charge in [-0.1, -0.05) is 12.1 Å². The van der Waals surface area contributed by atoms with Gasteiger partial charge in [0.05, 0.1) is 0 Å². The highest BCUT2D eigenvalue weighted by molar-refractivity contribution is 7.81. The molecule has 0 amide bonds. The molecule has 0 radical (unpaired) electrons. The lowest BCUT2D eigenvalue weighted by Gasteiger charge is -2.12. The monoisotopic (exact) mass is 406 g/mol. The molecule has 0 heterocycles. The number of fused-ring (bicyclic) bond motifs is 4. The van der Waals surface area contributed by atoms with Crippen molar-refractivity contribution in [3.63, 3.8) is 0 Å². The summed E-state index contributed by atoms with van der Waals surface area (Å²) in [5, 5.41) is 9.13. The molecule has 0 N–H and O–H groups in total. The van der Waals surface area contributed by atoms with Gasteiger partial charge >= 0.3 is 0 Å². The average molecular weight is 407 g/mol. The van der Waals surface area contributed by atoms with Gasteiger partial charge in [0.25, 0.3) is 0 Å². The lowest BCUT2D eigenvalue weighted by Crippen LogP contribution is -1.85. The van der Waals surface area contributed by atoms with E-state index in [4.69, 9.17) is 12.6 Å². The van der Waals surface area contributed by atoms with Gasteiger partial charge in [0.15, 0.2) is 0 Å². The Labute approximate surface area is 173 Å². The Bertz CT molecular complexity index is 1370. The number of thiol groups is 4. The lowest BCUT2D eigenvalue weighted by molar-refractivity contribution is 1.47. The van der Waals surface area contributed by atoms with Crippen LogP contribution in [0.1, 0.15) is 0 Å². The average Bonchev–Trinajstić information content (AvgIpc) is 2.63. The van der Waals surface area contributed by atoms with Crippen molar-refractivity contribution < 1.29 is 0 Å². The van der Waals surface area contributed by atoms with Gasteiger partial charge in [-0.3, -0.25) is 0 Å². The van der Waals surface area contributed by atoms with Crippen LogP contribution in [0.4, 0.5) is 0 Å². The van der Waals surface area contributed by atoms with Crippen molar-refractivity contribution in [3.8, 4) is 0 Å². The predicted octanol–water partition coefficient (Wildman–Crippen LogP) is 7.45. The van der Waals surface area contributed by atoms with Gasteiger partial charge in [0.2, 0.25) is 0 Å². The largest absolute Gasteiger partial charge is 0.143 e. The van der Waals surface area contributed by atoms with E-state index in [1.54, 1.807) is 0 Å². The van der Waals surface area contributed by atoms with Crippen LogP contribution in [0.25, 0.3) is 43.1 Å². The van der Waals surface area contributed by atoms with Gasteiger partial charge in [-0.15, -0.1) is 50.5 Å². The first kappa shape index (κ1) is 16.7. The van der Waals surface area contributed by atoms with E-state index in [1.165, 1.54) is 10.8 Å². The van der Waals surface area contributed by atoms with E-state index >= 15 is 0 Å². The van der Waals surface area contributed by atoms with E-state index in [0.717, 1.165) is 51.9 Å². The first-order chi connectivity index (χ1) is 12.5. The molecule has 5 aromatic carbocycles. The standard InChI is InChI=1S/C22H14S4/c23-19-3-1-2-11-6-12-7-13-8-17-18(21(25)5-4-20(17)24)10-16(13)22(26)15(12)9-14(11)19/h1-10,23-26H. The molecule has 5 rings (SSSR count). The predicted molar refractivity (Wildman–Crippen MR) is 125 cm³/mol. The fourth-order valence-corrected chi connectivity index (χ4v) is 4.85. The number of benzene rings is 5. The van der Waals surface area contributed by atoms with E-state index < -0.39 is 0 Å². The van der Waals surface area contributed by atoms with Crippen LogP contribution in [0.15, 0.2) is 80.2 Å². The van der Waals surface area contributed by atoms with Crippen molar-refractivity contribution in [3.05, 3.63) is 60.7 Å². The second kappa shape index (κ2) is 6.03. The Morgan fingerprint density at radius 3 is 1.69 bits per heavy atom. The molecule has 0 aliphatic rings. The summed E-state index contributed by atoms with van der Waals surface area (Å²) in [7, 11) is 0. The Hall–Kier alpha value is -1.46. The van der Waals surface area contributed by atoms with Crippen molar-refractivity contribution in [1.29, 1.82) is 0 Å². The van der Waals surface area contributed by atoms with Crippen LogP contribution < -0.4 is 0 Å². The zero-order valence-electron chi connectivity index (χ0n) is 13.6. The maximum Gasteiger partial charge on any atom is 0.0198 e. The third kappa shape index (κ3) is 2.43. The smallest absolute Gasteiger partial charge is 0.0198 e. The maximum absolute atomic E-state index is 4.89. The van der Waals surface area contributed by atoms with Gasteiger partial charge < -0.3 is 0 Å². The zero-order chi connectivity index (χ0) is 18.0. The molecule has 0 nitrogen and oxygen atoms in total. The van der Waals surface area contributed by atoms with Crippen molar-refractivity contribution in [2.75, 3.05) is 0 Å². The summed E-state index contributed by atoms with van der Waals surface area (Å²) < 4.78 is 0. The number of hydrogen-bond acceptors (Lipinski definition) is 4. The summed E-state index contributed by atoms with van der Waals surface area (Å²) in [5.41, 5.74) is 0. The molecule has 5 aromatic rings. The molecule has 0 saturated carbocycles. The summed E-state index contributed by atoms with van der Waals surface area (Å²) in [5.74, 6) is 0. The molecule has 0 saturated heterocycles. The quantitative estimate of drug-likeness (QED) is 0.149. The summed E-state index contributed by atoms with van der Waals surface area (Å²) in [6.45, 7) is 0. The van der Waals surface area contributed by atoms with Gasteiger partial charge in [-0.05, 0) is 91.6 Å². The van der Waals surface area contributed by atoms with Crippen molar-refractivity contribution in [1.82, 2.24) is 0 Å². The Balaban J connectivity index is 1.99. The summed E-state index contributed by atoms with van der Waals surface area (Å²) in [4.78, 5) is 3.87. The van der Waals surface area contributed by atoms with Crippen molar-refractivity contribution in [2.24, 2.45) is 0 Å². The maximum atomic E-state index is 4.89. The summed E-state index contributed by atoms with van der Waals surface area (Å²) >= 11 is 18.8. The fourth-order valence-electron chi connectivity index (χ4n) is 3.67. The molecule has 0 aromatic heterocycles. The van der Waals surface area contributed by atoms with E-state index in [-0.39, 0.29) is 0 Å². The molecule has 0 fully saturated rings. The molecule has 0 aliphatic heterocycles. The molecule has 0 aliphatic carbocycles. The molecular weight excluding hydrogens is 393 g/mol. The highest BCUT2D eigenvalue weighted by Gasteiger charge is 2.11. The lowest BCUT2D eigenvalue weighted by atomic mass is 9.97. The SMILES string of the molecule is Sc1cccc2cc3cc4cc5c(S)ccc(S)c5cc4c(S)c3cc12. The second-order valence-corrected chi connectivity index (χ2v) is 8.41. The Kier molecular flexibility index (Phi) is 3.87. The third-order valence-electron chi connectivity index (χ3n) is 4.99. The van der Waals surface area contributed by atoms with Crippen LogP contribution in [0, 0.1) is 0 Å². The molecule has 0 unspecified atom stereocenters. The van der Waals surface area contributed by atoms with Crippen LogP contribution in [0.3, 0.4) is 0 Å². The molecule has 0 spiro atoms. The van der Waals surface area contributed by atoms with Crippen LogP contribution in [-0.4, -0.2) is 0 Å². The first-order valence-electron chi connectivity index (χ1n) is 8.19. The van der Waals surface area contributed by atoms with Gasteiger partial charge in [-0.25, -0.2) is 0 Å². The molecular formula is C22H14S4. The molecule has 0 bridgehead atoms. The van der Waals surface area contributed by atoms with Crippen LogP contribution in [0.5, 0.6) is 0 Å².